The predicted octanol–water partition coefficient (Wildman–Crippen LogP) is 4.05. The van der Waals surface area contributed by atoms with E-state index < -0.39 is 35.8 Å². The highest BCUT2D eigenvalue weighted by Gasteiger charge is 2.38. The fourth-order valence-electron chi connectivity index (χ4n) is 2.50. The highest BCUT2D eigenvalue weighted by Crippen LogP contribution is 2.37. The molecule has 1 saturated heterocycles. The highest BCUT2D eigenvalue weighted by molar-refractivity contribution is 9.10. The van der Waals surface area contributed by atoms with E-state index in [1.807, 2.05) is 0 Å². The van der Waals surface area contributed by atoms with Crippen LogP contribution in [0.1, 0.15) is 18.0 Å². The number of piperazine rings is 1. The molecule has 22 heavy (non-hydrogen) atoms. The van der Waals surface area contributed by atoms with Crippen molar-refractivity contribution in [1.29, 1.82) is 0 Å². The van der Waals surface area contributed by atoms with Crippen LogP contribution in [0.2, 0.25) is 0 Å². The number of hydrogen-bond acceptors (Lipinski definition) is 2. The molecule has 2 rings (SSSR count). The van der Waals surface area contributed by atoms with Crippen LogP contribution in [0.25, 0.3) is 0 Å². The molecule has 1 aliphatic heterocycles. The van der Waals surface area contributed by atoms with Gasteiger partial charge in [-0.05, 0) is 12.1 Å². The van der Waals surface area contributed by atoms with Gasteiger partial charge in [0.05, 0.1) is 6.42 Å². The lowest BCUT2D eigenvalue weighted by Gasteiger charge is -2.35. The molecular formula is C13H15BrClF5N2. The molecule has 0 radical (unpaired) electrons. The smallest absolute Gasteiger partial charge is 0.314 e. The molecule has 2 nitrogen and oxygen atoms in total. The Morgan fingerprint density at radius 3 is 2.09 bits per heavy atom. The van der Waals surface area contributed by atoms with Crippen LogP contribution in [0.15, 0.2) is 16.6 Å². The van der Waals surface area contributed by atoms with Crippen molar-refractivity contribution in [2.75, 3.05) is 26.2 Å². The number of nitrogens with zero attached hydrogens (tertiary/aromatic N) is 1. The zero-order valence-electron chi connectivity index (χ0n) is 11.4. The van der Waals surface area contributed by atoms with Gasteiger partial charge in [0.2, 0.25) is 0 Å². The molecule has 0 amide bonds. The molecule has 0 unspecified atom stereocenters. The van der Waals surface area contributed by atoms with Gasteiger partial charge in [0.1, 0.15) is 11.6 Å². The first-order valence-electron chi connectivity index (χ1n) is 6.44. The van der Waals surface area contributed by atoms with E-state index in [4.69, 9.17) is 0 Å². The molecule has 1 N–H and O–H groups in total. The summed E-state index contributed by atoms with van der Waals surface area (Å²) in [4.78, 5) is 1.47. The number of hydrogen-bond donors (Lipinski definition) is 1. The van der Waals surface area contributed by atoms with E-state index in [1.54, 1.807) is 0 Å². The van der Waals surface area contributed by atoms with Crippen LogP contribution in [-0.2, 0) is 0 Å². The van der Waals surface area contributed by atoms with Crippen molar-refractivity contribution >= 4 is 28.3 Å². The fraction of sp³-hybridized carbons (Fsp3) is 0.538. The van der Waals surface area contributed by atoms with Crippen molar-refractivity contribution in [2.24, 2.45) is 0 Å². The normalized spacial score (nSPS) is 17.9. The minimum absolute atomic E-state index is 0. The van der Waals surface area contributed by atoms with Crippen LogP contribution in [0.4, 0.5) is 22.0 Å². The van der Waals surface area contributed by atoms with Crippen molar-refractivity contribution in [3.8, 4) is 0 Å². The van der Waals surface area contributed by atoms with Gasteiger partial charge in [0, 0.05) is 42.3 Å². The molecule has 1 atom stereocenters. The van der Waals surface area contributed by atoms with Crippen molar-refractivity contribution in [3.63, 3.8) is 0 Å². The molecular weight excluding hydrogens is 395 g/mol. The Bertz CT molecular complexity index is 483. The Kier molecular flexibility index (Phi) is 7.04. The van der Waals surface area contributed by atoms with Crippen LogP contribution < -0.4 is 5.32 Å². The standard InChI is InChI=1S/C13H14BrF5N2.ClH/c14-8-5-9(15)12(10(16)6-8)11(7-13(17,18)19)21-3-1-20-2-4-21;/h5-6,11,20H,1-4,7H2;1H/t11-;/m1./s1. The quantitative estimate of drug-likeness (QED) is 0.758. The zero-order valence-corrected chi connectivity index (χ0v) is 13.8. The Balaban J connectivity index is 0.00000242. The third kappa shape index (κ3) is 5.04. The first kappa shape index (κ1) is 19.6. The Labute approximate surface area is 139 Å². The first-order chi connectivity index (χ1) is 9.78. The molecule has 1 aliphatic rings. The number of rotatable bonds is 3. The Morgan fingerprint density at radius 1 is 1.14 bits per heavy atom. The number of nitrogens with one attached hydrogen (secondary N) is 1. The van der Waals surface area contributed by atoms with Gasteiger partial charge in [-0.15, -0.1) is 12.4 Å². The van der Waals surface area contributed by atoms with Gasteiger partial charge >= 0.3 is 6.18 Å². The molecule has 1 aromatic rings. The molecule has 1 aromatic carbocycles. The van der Waals surface area contributed by atoms with E-state index in [1.165, 1.54) is 4.90 Å². The summed E-state index contributed by atoms with van der Waals surface area (Å²) in [5.74, 6) is -1.93. The van der Waals surface area contributed by atoms with Crippen molar-refractivity contribution < 1.29 is 22.0 Å². The SMILES string of the molecule is Cl.Fc1cc(Br)cc(F)c1[C@@H](CC(F)(F)F)N1CCNCC1. The second kappa shape index (κ2) is 7.90. The Morgan fingerprint density at radius 2 is 1.64 bits per heavy atom. The van der Waals surface area contributed by atoms with E-state index in [0.717, 1.165) is 12.1 Å². The van der Waals surface area contributed by atoms with Gasteiger partial charge < -0.3 is 5.32 Å². The monoisotopic (exact) mass is 408 g/mol. The van der Waals surface area contributed by atoms with Gasteiger partial charge in [-0.1, -0.05) is 15.9 Å². The lowest BCUT2D eigenvalue weighted by atomic mass is 9.99. The van der Waals surface area contributed by atoms with Gasteiger partial charge in [0.15, 0.2) is 0 Å². The van der Waals surface area contributed by atoms with E-state index in [-0.39, 0.29) is 16.9 Å². The van der Waals surface area contributed by atoms with Crippen molar-refractivity contribution in [3.05, 3.63) is 33.8 Å². The maximum absolute atomic E-state index is 14.0. The van der Waals surface area contributed by atoms with E-state index in [2.05, 4.69) is 21.2 Å². The third-order valence-electron chi connectivity index (χ3n) is 3.39. The summed E-state index contributed by atoms with van der Waals surface area (Å²) in [5.41, 5.74) is -0.516. The summed E-state index contributed by atoms with van der Waals surface area (Å²) in [6.07, 6.45) is -5.77. The molecule has 9 heteroatoms. The summed E-state index contributed by atoms with van der Waals surface area (Å²) in [6, 6.07) is 0.633. The van der Waals surface area contributed by atoms with Gasteiger partial charge in [-0.2, -0.15) is 13.2 Å². The molecule has 0 aromatic heterocycles. The zero-order chi connectivity index (χ0) is 15.6. The fourth-order valence-corrected chi connectivity index (χ4v) is 2.90. The van der Waals surface area contributed by atoms with Crippen LogP contribution in [-0.4, -0.2) is 37.3 Å². The average Bonchev–Trinajstić information content (AvgIpc) is 2.36. The predicted molar refractivity (Wildman–Crippen MR) is 79.2 cm³/mol. The number of halogens is 7. The van der Waals surface area contributed by atoms with Crippen LogP contribution in [0, 0.1) is 11.6 Å². The molecule has 0 spiro atoms. The molecule has 126 valence electrons. The Hall–Kier alpha value is -0.440. The van der Waals surface area contributed by atoms with Gasteiger partial charge in [-0.3, -0.25) is 4.90 Å². The number of benzene rings is 1. The topological polar surface area (TPSA) is 15.3 Å². The highest BCUT2D eigenvalue weighted by atomic mass is 79.9. The van der Waals surface area contributed by atoms with Crippen LogP contribution >= 0.6 is 28.3 Å². The minimum Gasteiger partial charge on any atom is -0.314 e. The second-order valence-electron chi connectivity index (χ2n) is 4.90. The number of alkyl halides is 3. The lowest BCUT2D eigenvalue weighted by Crippen LogP contribution is -2.46. The second-order valence-corrected chi connectivity index (χ2v) is 5.82. The molecule has 0 bridgehead atoms. The maximum atomic E-state index is 14.0. The summed E-state index contributed by atoms with van der Waals surface area (Å²) in [5, 5.41) is 3.00. The van der Waals surface area contributed by atoms with Crippen LogP contribution in [0.3, 0.4) is 0 Å². The van der Waals surface area contributed by atoms with Gasteiger partial charge in [0.25, 0.3) is 0 Å². The lowest BCUT2D eigenvalue weighted by molar-refractivity contribution is -0.149. The summed E-state index contributed by atoms with van der Waals surface area (Å²) < 4.78 is 66.6. The van der Waals surface area contributed by atoms with E-state index in [9.17, 15) is 22.0 Å². The molecule has 0 aliphatic carbocycles. The molecule has 0 saturated carbocycles. The minimum atomic E-state index is -4.50. The summed E-state index contributed by atoms with van der Waals surface area (Å²) >= 11 is 2.93. The maximum Gasteiger partial charge on any atom is 0.390 e. The van der Waals surface area contributed by atoms with E-state index >= 15 is 0 Å². The largest absolute Gasteiger partial charge is 0.390 e. The van der Waals surface area contributed by atoms with Gasteiger partial charge in [-0.25, -0.2) is 8.78 Å². The van der Waals surface area contributed by atoms with Crippen molar-refractivity contribution in [2.45, 2.75) is 18.6 Å². The third-order valence-corrected chi connectivity index (χ3v) is 3.85. The average molecular weight is 410 g/mol. The van der Waals surface area contributed by atoms with Crippen molar-refractivity contribution in [1.82, 2.24) is 10.2 Å². The molecule has 1 fully saturated rings. The summed E-state index contributed by atoms with van der Waals surface area (Å²) in [7, 11) is 0. The van der Waals surface area contributed by atoms with Crippen LogP contribution in [0.5, 0.6) is 0 Å². The summed E-state index contributed by atoms with van der Waals surface area (Å²) in [6.45, 7) is 1.62. The first-order valence-corrected chi connectivity index (χ1v) is 7.23. The molecule has 1 heterocycles. The van der Waals surface area contributed by atoms with E-state index in [0.29, 0.717) is 26.2 Å².